The summed E-state index contributed by atoms with van der Waals surface area (Å²) in [4.78, 5) is 14.5. The summed E-state index contributed by atoms with van der Waals surface area (Å²) in [5, 5.41) is 3.47. The molecule has 20 heavy (non-hydrogen) atoms. The van der Waals surface area contributed by atoms with Gasteiger partial charge in [-0.1, -0.05) is 20.3 Å². The number of rotatable bonds is 9. The van der Waals surface area contributed by atoms with Crippen LogP contribution in [0.1, 0.15) is 59.8 Å². The van der Waals surface area contributed by atoms with Gasteiger partial charge in [0.1, 0.15) is 5.54 Å². The fourth-order valence-corrected chi connectivity index (χ4v) is 3.56. The number of hydrogen-bond acceptors (Lipinski definition) is 3. The molecule has 1 aliphatic carbocycles. The lowest BCUT2D eigenvalue weighted by atomic mass is 9.83. The van der Waals surface area contributed by atoms with E-state index in [4.69, 9.17) is 5.73 Å². The second-order valence-corrected chi connectivity index (χ2v) is 6.36. The van der Waals surface area contributed by atoms with Gasteiger partial charge in [0.2, 0.25) is 5.91 Å². The minimum atomic E-state index is -0.452. The molecule has 2 atom stereocenters. The molecule has 0 radical (unpaired) electrons. The molecule has 0 aromatic rings. The molecular weight excluding hydrogens is 250 g/mol. The molecule has 2 unspecified atom stereocenters. The van der Waals surface area contributed by atoms with Crippen molar-refractivity contribution in [2.45, 2.75) is 71.4 Å². The van der Waals surface area contributed by atoms with Crippen molar-refractivity contribution in [2.24, 2.45) is 11.7 Å². The maximum absolute atomic E-state index is 12.0. The van der Waals surface area contributed by atoms with Gasteiger partial charge in [-0.2, -0.15) is 0 Å². The zero-order valence-electron chi connectivity index (χ0n) is 13.7. The Balaban J connectivity index is 2.68. The number of carbonyl (C=O) groups excluding carboxylic acids is 1. The van der Waals surface area contributed by atoms with Crippen LogP contribution in [0.25, 0.3) is 0 Å². The van der Waals surface area contributed by atoms with Crippen molar-refractivity contribution in [3.63, 3.8) is 0 Å². The molecular formula is C16H33N3O. The summed E-state index contributed by atoms with van der Waals surface area (Å²) < 4.78 is 0. The van der Waals surface area contributed by atoms with Gasteiger partial charge < -0.3 is 16.0 Å². The number of nitrogens with two attached hydrogens (primary N) is 1. The highest BCUT2D eigenvalue weighted by Crippen LogP contribution is 2.38. The Morgan fingerprint density at radius 1 is 1.45 bits per heavy atom. The second kappa shape index (κ2) is 7.99. The zero-order chi connectivity index (χ0) is 15.2. The fourth-order valence-electron chi connectivity index (χ4n) is 3.56. The van der Waals surface area contributed by atoms with E-state index in [9.17, 15) is 4.79 Å². The highest BCUT2D eigenvalue weighted by atomic mass is 16.1. The number of carbonyl (C=O) groups is 1. The Morgan fingerprint density at radius 3 is 2.65 bits per heavy atom. The number of amides is 1. The number of nitrogens with zero attached hydrogens (tertiary/aromatic N) is 1. The van der Waals surface area contributed by atoms with E-state index in [1.54, 1.807) is 0 Å². The molecule has 0 heterocycles. The third-order valence-corrected chi connectivity index (χ3v) is 4.85. The summed E-state index contributed by atoms with van der Waals surface area (Å²) in [6.45, 7) is 11.8. The van der Waals surface area contributed by atoms with Gasteiger partial charge in [-0.05, 0) is 65.1 Å². The second-order valence-electron chi connectivity index (χ2n) is 6.36. The van der Waals surface area contributed by atoms with Crippen LogP contribution in [0.2, 0.25) is 0 Å². The first kappa shape index (κ1) is 17.4. The molecule has 1 aliphatic rings. The smallest absolute Gasteiger partial charge is 0.238 e. The minimum absolute atomic E-state index is 0.152. The van der Waals surface area contributed by atoms with Crippen LogP contribution in [0.5, 0.6) is 0 Å². The summed E-state index contributed by atoms with van der Waals surface area (Å²) in [7, 11) is 0. The standard InChI is InChI=1S/C16H33N3O/c1-5-11-18-16(15(17)20)10-7-8-14(16)9-12-19(6-2)13(3)4/h13-14,18H,5-12H2,1-4H3,(H2,17,20). The molecule has 0 aromatic heterocycles. The van der Waals surface area contributed by atoms with Gasteiger partial charge in [0.25, 0.3) is 0 Å². The fraction of sp³-hybridized carbons (Fsp3) is 0.938. The van der Waals surface area contributed by atoms with Crippen LogP contribution in [0, 0.1) is 5.92 Å². The van der Waals surface area contributed by atoms with Crippen molar-refractivity contribution >= 4 is 5.91 Å². The quantitative estimate of drug-likeness (QED) is 0.681. The average Bonchev–Trinajstić information content (AvgIpc) is 2.81. The third kappa shape index (κ3) is 3.95. The Hall–Kier alpha value is -0.610. The van der Waals surface area contributed by atoms with E-state index in [0.29, 0.717) is 12.0 Å². The lowest BCUT2D eigenvalue weighted by Gasteiger charge is -2.35. The SMILES string of the molecule is CCCNC1(C(N)=O)CCCC1CCN(CC)C(C)C. The molecule has 4 heteroatoms. The largest absolute Gasteiger partial charge is 0.368 e. The molecule has 118 valence electrons. The normalized spacial score (nSPS) is 26.6. The van der Waals surface area contributed by atoms with Crippen molar-refractivity contribution in [1.82, 2.24) is 10.2 Å². The van der Waals surface area contributed by atoms with Gasteiger partial charge in [-0.25, -0.2) is 0 Å². The molecule has 4 nitrogen and oxygen atoms in total. The minimum Gasteiger partial charge on any atom is -0.368 e. The van der Waals surface area contributed by atoms with Gasteiger partial charge >= 0.3 is 0 Å². The molecule has 0 aromatic carbocycles. The molecule has 1 fully saturated rings. The van der Waals surface area contributed by atoms with Crippen molar-refractivity contribution in [3.05, 3.63) is 0 Å². The Bertz CT molecular complexity index is 306. The Morgan fingerprint density at radius 2 is 2.15 bits per heavy atom. The number of hydrogen-bond donors (Lipinski definition) is 2. The summed E-state index contributed by atoms with van der Waals surface area (Å²) in [5.74, 6) is 0.236. The van der Waals surface area contributed by atoms with E-state index in [1.807, 2.05) is 0 Å². The van der Waals surface area contributed by atoms with Crippen LogP contribution in [0.4, 0.5) is 0 Å². The van der Waals surface area contributed by atoms with Gasteiger partial charge in [0.15, 0.2) is 0 Å². The number of primary amides is 1. The van der Waals surface area contributed by atoms with E-state index in [0.717, 1.165) is 51.7 Å². The summed E-state index contributed by atoms with van der Waals surface area (Å²) >= 11 is 0. The van der Waals surface area contributed by atoms with Gasteiger partial charge in [0, 0.05) is 6.04 Å². The van der Waals surface area contributed by atoms with E-state index in [-0.39, 0.29) is 5.91 Å². The van der Waals surface area contributed by atoms with Crippen LogP contribution >= 0.6 is 0 Å². The lowest BCUT2D eigenvalue weighted by Crippen LogP contribution is -2.58. The van der Waals surface area contributed by atoms with E-state index in [1.165, 1.54) is 0 Å². The Kier molecular flexibility index (Phi) is 6.96. The van der Waals surface area contributed by atoms with E-state index < -0.39 is 5.54 Å². The van der Waals surface area contributed by atoms with E-state index >= 15 is 0 Å². The lowest BCUT2D eigenvalue weighted by molar-refractivity contribution is -0.126. The highest BCUT2D eigenvalue weighted by Gasteiger charge is 2.46. The molecule has 0 aliphatic heterocycles. The summed E-state index contributed by atoms with van der Waals surface area (Å²) in [6, 6.07) is 0.563. The van der Waals surface area contributed by atoms with Crippen LogP contribution < -0.4 is 11.1 Å². The topological polar surface area (TPSA) is 58.4 Å². The monoisotopic (exact) mass is 283 g/mol. The van der Waals surface area contributed by atoms with Crippen LogP contribution in [-0.2, 0) is 4.79 Å². The molecule has 0 bridgehead atoms. The summed E-state index contributed by atoms with van der Waals surface area (Å²) in [5.41, 5.74) is 5.30. The van der Waals surface area contributed by atoms with Gasteiger partial charge in [-0.3, -0.25) is 4.79 Å². The first-order valence-corrected chi connectivity index (χ1v) is 8.26. The van der Waals surface area contributed by atoms with Crippen LogP contribution in [0.15, 0.2) is 0 Å². The Labute approximate surface area is 124 Å². The third-order valence-electron chi connectivity index (χ3n) is 4.85. The maximum Gasteiger partial charge on any atom is 0.238 e. The van der Waals surface area contributed by atoms with Gasteiger partial charge in [0.05, 0.1) is 0 Å². The van der Waals surface area contributed by atoms with Gasteiger partial charge in [-0.15, -0.1) is 0 Å². The number of nitrogens with one attached hydrogen (secondary N) is 1. The molecule has 0 spiro atoms. The zero-order valence-corrected chi connectivity index (χ0v) is 13.7. The summed E-state index contributed by atoms with van der Waals surface area (Å²) in [6.07, 6.45) is 5.23. The van der Waals surface area contributed by atoms with Crippen molar-refractivity contribution < 1.29 is 4.79 Å². The van der Waals surface area contributed by atoms with Crippen molar-refractivity contribution in [2.75, 3.05) is 19.6 Å². The molecule has 1 saturated carbocycles. The van der Waals surface area contributed by atoms with Crippen LogP contribution in [-0.4, -0.2) is 42.0 Å². The molecule has 0 saturated heterocycles. The molecule has 1 rings (SSSR count). The van der Waals surface area contributed by atoms with Crippen LogP contribution in [0.3, 0.4) is 0 Å². The maximum atomic E-state index is 12.0. The van der Waals surface area contributed by atoms with Crippen molar-refractivity contribution in [1.29, 1.82) is 0 Å². The predicted octanol–water partition coefficient (Wildman–Crippen LogP) is 2.13. The molecule has 3 N–H and O–H groups in total. The average molecular weight is 283 g/mol. The predicted molar refractivity (Wildman–Crippen MR) is 84.6 cm³/mol. The van der Waals surface area contributed by atoms with Crippen molar-refractivity contribution in [3.8, 4) is 0 Å². The highest BCUT2D eigenvalue weighted by molar-refractivity contribution is 5.85. The first-order valence-electron chi connectivity index (χ1n) is 8.26. The molecule has 1 amide bonds. The van der Waals surface area contributed by atoms with E-state index in [2.05, 4.69) is 37.9 Å². The first-order chi connectivity index (χ1) is 9.47.